The predicted octanol–water partition coefficient (Wildman–Crippen LogP) is 4.62. The molecule has 1 aliphatic heterocycles. The van der Waals surface area contributed by atoms with E-state index in [0.29, 0.717) is 16.7 Å². The molecular formula is C26H20F3N5O3S. The number of aryl methyl sites for hydroxylation is 1. The van der Waals surface area contributed by atoms with Crippen LogP contribution in [0.5, 0.6) is 0 Å². The predicted molar refractivity (Wildman–Crippen MR) is 134 cm³/mol. The third-order valence-electron chi connectivity index (χ3n) is 6.46. The van der Waals surface area contributed by atoms with Crippen molar-refractivity contribution in [2.24, 2.45) is 0 Å². The highest BCUT2D eigenvalue weighted by atomic mass is 32.2. The number of aromatic nitrogens is 2. The van der Waals surface area contributed by atoms with Crippen molar-refractivity contribution in [3.8, 4) is 17.2 Å². The van der Waals surface area contributed by atoms with Crippen molar-refractivity contribution in [2.75, 3.05) is 17.8 Å². The number of nitrogens with zero attached hydrogens (tertiary/aromatic N) is 3. The Morgan fingerprint density at radius 2 is 2.00 bits per heavy atom. The second kappa shape index (κ2) is 9.59. The molecule has 5 rings (SSSR count). The minimum Gasteiger partial charge on any atom is -0.345 e. The van der Waals surface area contributed by atoms with Gasteiger partial charge in [-0.3, -0.25) is 9.52 Å². The number of aromatic amines is 1. The number of benzene rings is 2. The number of halogens is 3. The Hall–Kier alpha value is -4.21. The van der Waals surface area contributed by atoms with Gasteiger partial charge in [-0.05, 0) is 48.7 Å². The molecule has 0 spiro atoms. The van der Waals surface area contributed by atoms with Crippen molar-refractivity contribution in [3.05, 3.63) is 82.7 Å². The van der Waals surface area contributed by atoms with Crippen LogP contribution in [0.1, 0.15) is 33.5 Å². The van der Waals surface area contributed by atoms with Crippen LogP contribution in [0, 0.1) is 29.9 Å². The fourth-order valence-electron chi connectivity index (χ4n) is 4.35. The molecule has 38 heavy (non-hydrogen) atoms. The first kappa shape index (κ1) is 25.4. The Kier molecular flexibility index (Phi) is 6.42. The van der Waals surface area contributed by atoms with Crippen LogP contribution >= 0.6 is 0 Å². The second-order valence-electron chi connectivity index (χ2n) is 8.93. The van der Waals surface area contributed by atoms with E-state index in [1.165, 1.54) is 12.4 Å². The van der Waals surface area contributed by atoms with Gasteiger partial charge >= 0.3 is 10.2 Å². The SMILES string of the molecule is Cc1ccc(-c2cnc3[nH]cc(C(=O)c4c(F)ccc(NS(=O)(=O)N5CC[C@@H](F)C5)c4F)c3c2)cc1C#N. The number of hydrogen-bond acceptors (Lipinski definition) is 5. The summed E-state index contributed by atoms with van der Waals surface area (Å²) < 4.78 is 71.6. The Morgan fingerprint density at radius 3 is 2.71 bits per heavy atom. The summed E-state index contributed by atoms with van der Waals surface area (Å²) in [5, 5.41) is 9.62. The molecule has 0 amide bonds. The first-order valence-electron chi connectivity index (χ1n) is 11.5. The van der Waals surface area contributed by atoms with Crippen molar-refractivity contribution in [1.29, 1.82) is 5.26 Å². The molecule has 2 N–H and O–H groups in total. The van der Waals surface area contributed by atoms with Gasteiger partial charge in [-0.15, -0.1) is 0 Å². The smallest absolute Gasteiger partial charge is 0.301 e. The van der Waals surface area contributed by atoms with Crippen LogP contribution in [0.3, 0.4) is 0 Å². The van der Waals surface area contributed by atoms with Crippen LogP contribution in [0.15, 0.2) is 48.8 Å². The van der Waals surface area contributed by atoms with Gasteiger partial charge < -0.3 is 4.98 Å². The van der Waals surface area contributed by atoms with E-state index in [0.717, 1.165) is 22.0 Å². The molecule has 2 aromatic heterocycles. The minimum atomic E-state index is -4.33. The van der Waals surface area contributed by atoms with Gasteiger partial charge in [0.2, 0.25) is 5.78 Å². The summed E-state index contributed by atoms with van der Waals surface area (Å²) in [6, 6.07) is 10.6. The normalized spacial score (nSPS) is 16.0. The van der Waals surface area contributed by atoms with E-state index in [-0.39, 0.29) is 36.1 Å². The van der Waals surface area contributed by atoms with Crippen LogP contribution in [-0.2, 0) is 10.2 Å². The lowest BCUT2D eigenvalue weighted by atomic mass is 9.98. The van der Waals surface area contributed by atoms with E-state index in [1.807, 2.05) is 4.72 Å². The Morgan fingerprint density at radius 1 is 1.21 bits per heavy atom. The number of nitriles is 1. The van der Waals surface area contributed by atoms with Crippen LogP contribution in [-0.4, -0.2) is 47.7 Å². The van der Waals surface area contributed by atoms with Crippen LogP contribution in [0.4, 0.5) is 18.9 Å². The molecule has 4 aromatic rings. The fourth-order valence-corrected chi connectivity index (χ4v) is 5.62. The summed E-state index contributed by atoms with van der Waals surface area (Å²) in [4.78, 5) is 20.5. The Labute approximate surface area is 215 Å². The maximum Gasteiger partial charge on any atom is 0.301 e. The molecule has 1 fully saturated rings. The number of nitrogens with one attached hydrogen (secondary N) is 2. The van der Waals surface area contributed by atoms with Crippen LogP contribution < -0.4 is 4.72 Å². The van der Waals surface area contributed by atoms with Crippen molar-refractivity contribution < 1.29 is 26.4 Å². The number of pyridine rings is 1. The third kappa shape index (κ3) is 4.51. The zero-order valence-electron chi connectivity index (χ0n) is 19.9. The average molecular weight is 540 g/mol. The molecule has 0 bridgehead atoms. The summed E-state index contributed by atoms with van der Waals surface area (Å²) in [6.07, 6.45) is 1.47. The van der Waals surface area contributed by atoms with E-state index in [4.69, 9.17) is 0 Å². The minimum absolute atomic E-state index is 0.00749. The standard InChI is InChI=1S/C26H20F3N5O3S/c1-14-2-3-15(8-16(14)10-30)17-9-19-20(12-32-26(19)31-11-17)25(35)23-21(28)4-5-22(24(23)29)33-38(36,37)34-7-6-18(27)13-34/h2-5,8-9,11-12,18,33H,6-7,13H2,1H3,(H,31,32)/t18-/m1/s1. The number of anilines is 1. The quantitative estimate of drug-likeness (QED) is 0.347. The van der Waals surface area contributed by atoms with Crippen LogP contribution in [0.2, 0.25) is 0 Å². The van der Waals surface area contributed by atoms with E-state index in [1.54, 1.807) is 31.2 Å². The first-order valence-corrected chi connectivity index (χ1v) is 13.0. The van der Waals surface area contributed by atoms with Crippen LogP contribution in [0.25, 0.3) is 22.2 Å². The second-order valence-corrected chi connectivity index (χ2v) is 10.6. The van der Waals surface area contributed by atoms with E-state index in [9.17, 15) is 27.3 Å². The molecule has 1 saturated heterocycles. The molecule has 1 atom stereocenters. The molecule has 0 saturated carbocycles. The molecule has 12 heteroatoms. The number of alkyl halides is 1. The van der Waals surface area contributed by atoms with Gasteiger partial charge in [-0.2, -0.15) is 18.0 Å². The van der Waals surface area contributed by atoms with E-state index < -0.39 is 45.0 Å². The largest absolute Gasteiger partial charge is 0.345 e. The molecule has 2 aromatic carbocycles. The summed E-state index contributed by atoms with van der Waals surface area (Å²) >= 11 is 0. The molecular weight excluding hydrogens is 519 g/mol. The Balaban J connectivity index is 1.53. The number of hydrogen-bond donors (Lipinski definition) is 2. The molecule has 8 nitrogen and oxygen atoms in total. The van der Waals surface area contributed by atoms with Gasteiger partial charge in [-0.25, -0.2) is 18.2 Å². The lowest BCUT2D eigenvalue weighted by Crippen LogP contribution is -2.34. The highest BCUT2D eigenvalue weighted by molar-refractivity contribution is 7.90. The van der Waals surface area contributed by atoms with Crippen molar-refractivity contribution in [2.45, 2.75) is 19.5 Å². The summed E-state index contributed by atoms with van der Waals surface area (Å²) in [7, 11) is -4.33. The highest BCUT2D eigenvalue weighted by Gasteiger charge is 2.33. The number of carbonyl (C=O) groups is 1. The monoisotopic (exact) mass is 539 g/mol. The number of H-pyrrole nitrogens is 1. The summed E-state index contributed by atoms with van der Waals surface area (Å²) in [6.45, 7) is 1.32. The summed E-state index contributed by atoms with van der Waals surface area (Å²) in [5.41, 5.74) is 1.10. The maximum atomic E-state index is 15.4. The van der Waals surface area contributed by atoms with Gasteiger partial charge in [0.15, 0.2) is 5.82 Å². The molecule has 194 valence electrons. The highest BCUT2D eigenvalue weighted by Crippen LogP contribution is 2.30. The first-order chi connectivity index (χ1) is 18.1. The van der Waals surface area contributed by atoms with E-state index >= 15 is 4.39 Å². The lowest BCUT2D eigenvalue weighted by Gasteiger charge is -2.18. The Bertz CT molecular complexity index is 1750. The number of fused-ring (bicyclic) bond motifs is 1. The third-order valence-corrected chi connectivity index (χ3v) is 7.95. The van der Waals surface area contributed by atoms with Crippen molar-refractivity contribution >= 4 is 32.7 Å². The molecule has 3 heterocycles. The average Bonchev–Trinajstić information content (AvgIpc) is 3.52. The lowest BCUT2D eigenvalue weighted by molar-refractivity contribution is 0.103. The fraction of sp³-hybridized carbons (Fsp3) is 0.192. The molecule has 0 radical (unpaired) electrons. The number of rotatable bonds is 6. The van der Waals surface area contributed by atoms with Gasteiger partial charge in [0.05, 0.1) is 22.9 Å². The number of ketones is 1. The molecule has 1 aliphatic rings. The van der Waals surface area contributed by atoms with E-state index in [2.05, 4.69) is 16.0 Å². The zero-order valence-corrected chi connectivity index (χ0v) is 20.7. The number of carbonyl (C=O) groups excluding carboxylic acids is 1. The van der Waals surface area contributed by atoms with Gasteiger partial charge in [0.25, 0.3) is 0 Å². The van der Waals surface area contributed by atoms with Crippen molar-refractivity contribution in [1.82, 2.24) is 14.3 Å². The van der Waals surface area contributed by atoms with Gasteiger partial charge in [0, 0.05) is 42.0 Å². The summed E-state index contributed by atoms with van der Waals surface area (Å²) in [5.74, 6) is -3.61. The topological polar surface area (TPSA) is 119 Å². The van der Waals surface area contributed by atoms with Gasteiger partial charge in [-0.1, -0.05) is 12.1 Å². The zero-order chi connectivity index (χ0) is 27.2. The molecule has 0 unspecified atom stereocenters. The van der Waals surface area contributed by atoms with Gasteiger partial charge in [0.1, 0.15) is 17.6 Å². The molecule has 0 aliphatic carbocycles. The van der Waals surface area contributed by atoms with Crippen molar-refractivity contribution in [3.63, 3.8) is 0 Å². The maximum absolute atomic E-state index is 15.4.